The van der Waals surface area contributed by atoms with Crippen LogP contribution in [-0.4, -0.2) is 30.3 Å². The molecule has 0 radical (unpaired) electrons. The molecule has 22 heavy (non-hydrogen) atoms. The largest absolute Gasteiger partial charge is 0.303 e. The van der Waals surface area contributed by atoms with Gasteiger partial charge in [0.15, 0.2) is 5.78 Å². The molecule has 0 bridgehead atoms. The fraction of sp³-hybridized carbons (Fsp3) is 0.632. The van der Waals surface area contributed by atoms with Gasteiger partial charge in [-0.25, -0.2) is 0 Å². The summed E-state index contributed by atoms with van der Waals surface area (Å²) in [5.41, 5.74) is 3.80. The van der Waals surface area contributed by atoms with Crippen molar-refractivity contribution in [3.63, 3.8) is 0 Å². The molecule has 1 heterocycles. The minimum atomic E-state index is 0. The molecule has 3 heteroatoms. The number of halogens is 1. The van der Waals surface area contributed by atoms with E-state index in [9.17, 15) is 4.79 Å². The molecule has 0 spiro atoms. The Morgan fingerprint density at radius 3 is 2.45 bits per heavy atom. The number of likely N-dealkylation sites (tertiary alicyclic amines) is 1. The van der Waals surface area contributed by atoms with Crippen molar-refractivity contribution < 1.29 is 4.79 Å². The van der Waals surface area contributed by atoms with E-state index in [0.717, 1.165) is 18.5 Å². The number of rotatable bonds is 4. The van der Waals surface area contributed by atoms with Gasteiger partial charge >= 0.3 is 0 Å². The summed E-state index contributed by atoms with van der Waals surface area (Å²) in [4.78, 5) is 15.1. The number of piperidine rings is 1. The molecule has 122 valence electrons. The maximum Gasteiger partial charge on any atom is 0.166 e. The third-order valence-electron chi connectivity index (χ3n) is 5.06. The Bertz CT molecular complexity index is 508. The van der Waals surface area contributed by atoms with Gasteiger partial charge in [0.2, 0.25) is 0 Å². The first-order valence-corrected chi connectivity index (χ1v) is 8.62. The van der Waals surface area contributed by atoms with Crippen LogP contribution in [-0.2, 0) is 12.8 Å². The van der Waals surface area contributed by atoms with Gasteiger partial charge in [-0.1, -0.05) is 25.5 Å². The van der Waals surface area contributed by atoms with E-state index in [-0.39, 0.29) is 18.3 Å². The van der Waals surface area contributed by atoms with Crippen molar-refractivity contribution in [2.75, 3.05) is 19.6 Å². The second kappa shape index (κ2) is 8.12. The minimum absolute atomic E-state index is 0. The molecule has 0 saturated carbocycles. The molecule has 2 nitrogen and oxygen atoms in total. The van der Waals surface area contributed by atoms with Crippen LogP contribution in [0, 0.1) is 5.92 Å². The fourth-order valence-electron chi connectivity index (χ4n) is 3.78. The molecule has 0 amide bonds. The van der Waals surface area contributed by atoms with Crippen molar-refractivity contribution in [2.45, 2.75) is 51.9 Å². The van der Waals surface area contributed by atoms with Gasteiger partial charge < -0.3 is 4.90 Å². The number of benzene rings is 1. The average molecular weight is 322 g/mol. The predicted molar refractivity (Wildman–Crippen MR) is 94.1 cm³/mol. The highest BCUT2D eigenvalue weighted by Crippen LogP contribution is 2.23. The van der Waals surface area contributed by atoms with Gasteiger partial charge in [-0.05, 0) is 68.8 Å². The van der Waals surface area contributed by atoms with Crippen LogP contribution in [0.1, 0.15) is 60.5 Å². The highest BCUT2D eigenvalue weighted by molar-refractivity contribution is 5.98. The molecule has 2 aliphatic rings. The zero-order valence-electron chi connectivity index (χ0n) is 13.6. The Balaban J connectivity index is 0.00000176. The highest BCUT2D eigenvalue weighted by atomic mass is 35.5. The van der Waals surface area contributed by atoms with Crippen molar-refractivity contribution in [3.05, 3.63) is 34.9 Å². The first kappa shape index (κ1) is 17.5. The quantitative estimate of drug-likeness (QED) is 0.771. The maximum atomic E-state index is 12.7. The first-order valence-electron chi connectivity index (χ1n) is 8.62. The van der Waals surface area contributed by atoms with E-state index in [2.05, 4.69) is 30.0 Å². The third kappa shape index (κ3) is 4.11. The SMILES string of the molecule is CC(CN1CCCCC1)C(=O)c1ccc2c(c1)CCCC2.Cl. The summed E-state index contributed by atoms with van der Waals surface area (Å²) in [6.45, 7) is 5.36. The monoisotopic (exact) mass is 321 g/mol. The zero-order valence-corrected chi connectivity index (χ0v) is 14.5. The predicted octanol–water partition coefficient (Wildman–Crippen LogP) is 4.29. The van der Waals surface area contributed by atoms with Gasteiger partial charge in [0.05, 0.1) is 0 Å². The molecule has 1 aromatic carbocycles. The van der Waals surface area contributed by atoms with Gasteiger partial charge in [0, 0.05) is 18.0 Å². The van der Waals surface area contributed by atoms with E-state index in [1.807, 2.05) is 0 Å². The van der Waals surface area contributed by atoms with Crippen molar-refractivity contribution in [2.24, 2.45) is 5.92 Å². The number of hydrogen-bond acceptors (Lipinski definition) is 2. The Morgan fingerprint density at radius 2 is 1.73 bits per heavy atom. The van der Waals surface area contributed by atoms with Gasteiger partial charge in [-0.2, -0.15) is 0 Å². The molecule has 1 unspecified atom stereocenters. The number of Topliss-reactive ketones (excluding diaryl/α,β-unsaturated/α-hetero) is 1. The van der Waals surface area contributed by atoms with Crippen LogP contribution in [0.4, 0.5) is 0 Å². The topological polar surface area (TPSA) is 20.3 Å². The Labute approximate surface area is 140 Å². The lowest BCUT2D eigenvalue weighted by Crippen LogP contribution is -2.35. The van der Waals surface area contributed by atoms with Crippen LogP contribution >= 0.6 is 12.4 Å². The van der Waals surface area contributed by atoms with Crippen molar-refractivity contribution in [1.29, 1.82) is 0 Å². The van der Waals surface area contributed by atoms with Gasteiger partial charge in [0.25, 0.3) is 0 Å². The van der Waals surface area contributed by atoms with E-state index in [4.69, 9.17) is 0 Å². The smallest absolute Gasteiger partial charge is 0.166 e. The van der Waals surface area contributed by atoms with Crippen molar-refractivity contribution in [1.82, 2.24) is 4.90 Å². The molecule has 1 fully saturated rings. The molecular formula is C19H28ClNO. The normalized spacial score (nSPS) is 19.9. The first-order chi connectivity index (χ1) is 10.2. The summed E-state index contributed by atoms with van der Waals surface area (Å²) in [7, 11) is 0. The number of hydrogen-bond donors (Lipinski definition) is 0. The number of carbonyl (C=O) groups is 1. The summed E-state index contributed by atoms with van der Waals surface area (Å²) >= 11 is 0. The van der Waals surface area contributed by atoms with E-state index in [1.54, 1.807) is 0 Å². The summed E-state index contributed by atoms with van der Waals surface area (Å²) in [6, 6.07) is 6.41. The molecular weight excluding hydrogens is 294 g/mol. The maximum absolute atomic E-state index is 12.7. The third-order valence-corrected chi connectivity index (χ3v) is 5.06. The molecule has 0 N–H and O–H groups in total. The molecule has 1 saturated heterocycles. The number of carbonyl (C=O) groups excluding carboxylic acids is 1. The zero-order chi connectivity index (χ0) is 14.7. The number of nitrogens with zero attached hydrogens (tertiary/aromatic N) is 1. The summed E-state index contributed by atoms with van der Waals surface area (Å²) in [5, 5.41) is 0. The molecule has 1 aliphatic carbocycles. The highest BCUT2D eigenvalue weighted by Gasteiger charge is 2.21. The second-order valence-electron chi connectivity index (χ2n) is 6.82. The average Bonchev–Trinajstić information content (AvgIpc) is 2.54. The lowest BCUT2D eigenvalue weighted by molar-refractivity contribution is 0.0883. The number of fused-ring (bicyclic) bond motifs is 1. The Hall–Kier alpha value is -0.860. The van der Waals surface area contributed by atoms with Gasteiger partial charge in [-0.15, -0.1) is 12.4 Å². The standard InChI is InChI=1S/C19H27NO.ClH/c1-15(14-20-11-5-2-6-12-20)19(21)18-10-9-16-7-3-4-8-17(16)13-18;/h9-10,13,15H,2-8,11-12,14H2,1H3;1H. The van der Waals surface area contributed by atoms with E-state index in [0.29, 0.717) is 5.78 Å². The van der Waals surface area contributed by atoms with E-state index < -0.39 is 0 Å². The van der Waals surface area contributed by atoms with Crippen LogP contribution in [0.5, 0.6) is 0 Å². The summed E-state index contributed by atoms with van der Waals surface area (Å²) in [5.74, 6) is 0.443. The Kier molecular flexibility index (Phi) is 6.46. The van der Waals surface area contributed by atoms with Crippen LogP contribution in [0.3, 0.4) is 0 Å². The molecule has 1 aliphatic heterocycles. The summed E-state index contributed by atoms with van der Waals surface area (Å²) < 4.78 is 0. The van der Waals surface area contributed by atoms with Crippen LogP contribution in [0.2, 0.25) is 0 Å². The van der Waals surface area contributed by atoms with Crippen molar-refractivity contribution in [3.8, 4) is 0 Å². The molecule has 1 atom stereocenters. The summed E-state index contributed by atoms with van der Waals surface area (Å²) in [6.07, 6.45) is 8.84. The second-order valence-corrected chi connectivity index (χ2v) is 6.82. The van der Waals surface area contributed by atoms with Crippen LogP contribution in [0.15, 0.2) is 18.2 Å². The lowest BCUT2D eigenvalue weighted by atomic mass is 9.88. The van der Waals surface area contributed by atoms with E-state index in [1.165, 1.54) is 62.7 Å². The van der Waals surface area contributed by atoms with Crippen LogP contribution in [0.25, 0.3) is 0 Å². The van der Waals surface area contributed by atoms with E-state index >= 15 is 0 Å². The lowest BCUT2D eigenvalue weighted by Gasteiger charge is -2.28. The van der Waals surface area contributed by atoms with Crippen LogP contribution < -0.4 is 0 Å². The fourth-order valence-corrected chi connectivity index (χ4v) is 3.78. The van der Waals surface area contributed by atoms with Crippen molar-refractivity contribution >= 4 is 18.2 Å². The van der Waals surface area contributed by atoms with Gasteiger partial charge in [-0.3, -0.25) is 4.79 Å². The molecule has 3 rings (SSSR count). The number of aryl methyl sites for hydroxylation is 2. The molecule has 1 aromatic rings. The number of ketones is 1. The molecule has 0 aromatic heterocycles. The van der Waals surface area contributed by atoms with Gasteiger partial charge in [0.1, 0.15) is 0 Å². The Morgan fingerprint density at radius 1 is 1.05 bits per heavy atom. The minimum Gasteiger partial charge on any atom is -0.303 e.